The quantitative estimate of drug-likeness (QED) is 0.527. The van der Waals surface area contributed by atoms with E-state index >= 15 is 0 Å². The second kappa shape index (κ2) is 5.17. The average molecular weight is 261 g/mol. The first-order valence-electron chi connectivity index (χ1n) is 4.10. The van der Waals surface area contributed by atoms with Crippen LogP contribution in [0.1, 0.15) is 23.3 Å². The molecule has 5 nitrogen and oxygen atoms in total. The number of rotatable bonds is 4. The molecule has 1 rings (SSSR count). The van der Waals surface area contributed by atoms with Gasteiger partial charge in [0, 0.05) is 0 Å². The van der Waals surface area contributed by atoms with Gasteiger partial charge >= 0.3 is 89.9 Å². The first-order chi connectivity index (χ1) is 6.69. The molecule has 0 N–H and O–H groups in total. The summed E-state index contributed by atoms with van der Waals surface area (Å²) in [6, 6.07) is 0. The Labute approximate surface area is 90.3 Å². The number of hydrogen-bond donors (Lipinski definition) is 0. The summed E-state index contributed by atoms with van der Waals surface area (Å²) in [5.41, 5.74) is 0.249. The predicted molar refractivity (Wildman–Crippen MR) is 51.4 cm³/mol. The van der Waals surface area contributed by atoms with E-state index in [-0.39, 0.29) is 12.3 Å². The third-order valence-electron chi connectivity index (χ3n) is 1.43. The monoisotopic (exact) mass is 261 g/mol. The molecule has 0 aromatic carbocycles. The van der Waals surface area contributed by atoms with E-state index in [2.05, 4.69) is 4.98 Å². The topological polar surface area (TPSA) is 61.6 Å². The zero-order valence-electron chi connectivity index (χ0n) is 8.07. The minimum absolute atomic E-state index is 0.249. The van der Waals surface area contributed by atoms with Crippen LogP contribution >= 0.6 is 0 Å². The number of hydrogen-bond acceptors (Lipinski definition) is 5. The van der Waals surface area contributed by atoms with Crippen molar-refractivity contribution in [3.8, 4) is 0 Å². The van der Waals surface area contributed by atoms with Gasteiger partial charge in [-0.3, -0.25) is 0 Å². The Hall–Kier alpha value is -0.802. The summed E-state index contributed by atoms with van der Waals surface area (Å²) < 4.78 is 15.4. The summed E-state index contributed by atoms with van der Waals surface area (Å²) in [4.78, 5) is 15.3. The molecular weight excluding hydrogens is 249 g/mol. The molecule has 1 unspecified atom stereocenters. The van der Waals surface area contributed by atoms with Gasteiger partial charge < -0.3 is 0 Å². The van der Waals surface area contributed by atoms with Gasteiger partial charge in [-0.1, -0.05) is 0 Å². The summed E-state index contributed by atoms with van der Waals surface area (Å²) in [6.07, 6.45) is 0. The fraction of sp³-hybridized carbons (Fsp3) is 0.500. The zero-order valence-corrected chi connectivity index (χ0v) is 10.5. The van der Waals surface area contributed by atoms with Crippen molar-refractivity contribution < 1.29 is 18.7 Å². The van der Waals surface area contributed by atoms with Crippen LogP contribution in [0.15, 0.2) is 4.42 Å². The molecule has 0 radical (unpaired) electrons. The van der Waals surface area contributed by atoms with Gasteiger partial charge in [0.2, 0.25) is 0 Å². The number of carbonyl (C=O) groups is 1. The average Bonchev–Trinajstić information content (AvgIpc) is 2.48. The van der Waals surface area contributed by atoms with E-state index in [9.17, 15) is 4.79 Å². The molecule has 1 atom stereocenters. The van der Waals surface area contributed by atoms with Crippen molar-refractivity contribution >= 4 is 27.4 Å². The molecule has 14 heavy (non-hydrogen) atoms. The molecule has 0 amide bonds. The van der Waals surface area contributed by atoms with Crippen molar-refractivity contribution in [3.63, 3.8) is 0 Å². The second-order valence-corrected chi connectivity index (χ2v) is 3.57. The Bertz CT molecular complexity index is 323. The van der Waals surface area contributed by atoms with Crippen LogP contribution in [0.4, 0.5) is 0 Å². The van der Waals surface area contributed by atoms with Crippen molar-refractivity contribution in [1.29, 1.82) is 0 Å². The van der Waals surface area contributed by atoms with E-state index in [1.807, 2.05) is 0 Å². The third-order valence-corrected chi connectivity index (χ3v) is 2.26. The van der Waals surface area contributed by atoms with Crippen LogP contribution in [0, 0.1) is 0 Å². The number of aromatic nitrogens is 1. The number of methoxy groups -OCH3 is 1. The summed E-state index contributed by atoms with van der Waals surface area (Å²) >= 11 is 1.20. The number of carbonyl (C=O) groups excluding carboxylic acids is 1. The minimum atomic E-state index is -0.446. The normalized spacial score (nSPS) is 10.2. The van der Waals surface area contributed by atoms with Gasteiger partial charge in [-0.2, -0.15) is 0 Å². The van der Waals surface area contributed by atoms with Gasteiger partial charge in [-0.25, -0.2) is 0 Å². The van der Waals surface area contributed by atoms with E-state index in [0.29, 0.717) is 17.0 Å². The molecule has 0 aliphatic carbocycles. The molecule has 0 spiro atoms. The Morgan fingerprint density at radius 2 is 2.36 bits per heavy atom. The first-order valence-corrected chi connectivity index (χ1v) is 5.31. The standard InChI is InChI=1S/C8H12AsNO4/c1-3-13-8(11)6-7(9)14-5(10-6)4-12-2/h3-4,9H2,1-2H3. The van der Waals surface area contributed by atoms with Crippen LogP contribution in [0.25, 0.3) is 0 Å². The zero-order chi connectivity index (χ0) is 10.6. The fourth-order valence-electron chi connectivity index (χ4n) is 0.909. The second-order valence-electron chi connectivity index (χ2n) is 2.47. The van der Waals surface area contributed by atoms with Crippen LogP contribution in [0.5, 0.6) is 0 Å². The Morgan fingerprint density at radius 1 is 1.64 bits per heavy atom. The molecule has 78 valence electrons. The van der Waals surface area contributed by atoms with E-state index in [1.54, 1.807) is 6.92 Å². The molecule has 1 heterocycles. The van der Waals surface area contributed by atoms with E-state index in [1.165, 1.54) is 24.0 Å². The van der Waals surface area contributed by atoms with Crippen LogP contribution in [-0.2, 0) is 16.1 Å². The molecule has 1 aromatic heterocycles. The summed E-state index contributed by atoms with van der Waals surface area (Å²) in [5.74, 6) is -0.0482. The number of oxazole rings is 1. The number of esters is 1. The molecule has 0 saturated heterocycles. The molecular formula is C8H12AsNO4. The molecule has 1 aromatic rings. The van der Waals surface area contributed by atoms with Gasteiger partial charge in [0.05, 0.1) is 0 Å². The van der Waals surface area contributed by atoms with Crippen molar-refractivity contribution in [2.24, 2.45) is 0 Å². The van der Waals surface area contributed by atoms with Crippen molar-refractivity contribution in [1.82, 2.24) is 4.98 Å². The summed E-state index contributed by atoms with van der Waals surface area (Å²) in [6.45, 7) is 2.34. The SMILES string of the molecule is CCOC(=O)c1nc(COC)oc1[AsH2]. The van der Waals surface area contributed by atoms with Gasteiger partial charge in [0.25, 0.3) is 0 Å². The summed E-state index contributed by atoms with van der Waals surface area (Å²) in [7, 11) is 1.54. The van der Waals surface area contributed by atoms with Crippen molar-refractivity contribution in [2.45, 2.75) is 13.5 Å². The third kappa shape index (κ3) is 2.59. The molecule has 0 aliphatic rings. The predicted octanol–water partition coefficient (Wildman–Crippen LogP) is -0.744. The Kier molecular flexibility index (Phi) is 4.16. The van der Waals surface area contributed by atoms with E-state index in [4.69, 9.17) is 13.9 Å². The van der Waals surface area contributed by atoms with E-state index < -0.39 is 5.97 Å². The molecule has 0 bridgehead atoms. The Balaban J connectivity index is 2.81. The van der Waals surface area contributed by atoms with Crippen LogP contribution in [0.2, 0.25) is 0 Å². The maximum atomic E-state index is 11.3. The van der Waals surface area contributed by atoms with Gasteiger partial charge in [-0.05, 0) is 0 Å². The number of ether oxygens (including phenoxy) is 2. The van der Waals surface area contributed by atoms with Crippen molar-refractivity contribution in [2.75, 3.05) is 13.7 Å². The van der Waals surface area contributed by atoms with Gasteiger partial charge in [-0.15, -0.1) is 0 Å². The number of nitrogens with zero attached hydrogens (tertiary/aromatic N) is 1. The summed E-state index contributed by atoms with van der Waals surface area (Å²) in [5, 5.41) is 0. The molecule has 0 aliphatic heterocycles. The first kappa shape index (κ1) is 11.3. The maximum absolute atomic E-state index is 11.3. The van der Waals surface area contributed by atoms with Crippen LogP contribution in [-0.4, -0.2) is 41.5 Å². The molecule has 0 fully saturated rings. The van der Waals surface area contributed by atoms with Crippen LogP contribution < -0.4 is 4.55 Å². The fourth-order valence-corrected chi connectivity index (χ4v) is 1.58. The van der Waals surface area contributed by atoms with Crippen LogP contribution in [0.3, 0.4) is 0 Å². The van der Waals surface area contributed by atoms with Crippen molar-refractivity contribution in [3.05, 3.63) is 11.6 Å². The van der Waals surface area contributed by atoms with Gasteiger partial charge in [0.15, 0.2) is 0 Å². The molecule has 6 heteroatoms. The Morgan fingerprint density at radius 3 is 2.93 bits per heavy atom. The van der Waals surface area contributed by atoms with Gasteiger partial charge in [0.1, 0.15) is 0 Å². The molecule has 0 saturated carbocycles. The van der Waals surface area contributed by atoms with E-state index in [0.717, 1.165) is 0 Å².